The van der Waals surface area contributed by atoms with Crippen LogP contribution in [0, 0.1) is 18.8 Å². The highest BCUT2D eigenvalue weighted by Gasteiger charge is 2.42. The number of anilines is 2. The average molecular weight is 232 g/mol. The molecule has 0 amide bonds. The third-order valence-corrected chi connectivity index (χ3v) is 4.46. The predicted molar refractivity (Wildman–Crippen MR) is 70.0 cm³/mol. The lowest BCUT2D eigenvalue weighted by Gasteiger charge is -2.23. The Morgan fingerprint density at radius 2 is 2.12 bits per heavy atom. The van der Waals surface area contributed by atoms with Crippen molar-refractivity contribution in [1.82, 2.24) is 0 Å². The van der Waals surface area contributed by atoms with Crippen molar-refractivity contribution in [2.75, 3.05) is 23.7 Å². The van der Waals surface area contributed by atoms with Crippen molar-refractivity contribution in [3.05, 3.63) is 23.8 Å². The largest absolute Gasteiger partial charge is 0.397 e. The summed E-state index contributed by atoms with van der Waals surface area (Å²) in [6.07, 6.45) is 2.04. The van der Waals surface area contributed by atoms with Crippen molar-refractivity contribution >= 4 is 11.4 Å². The third kappa shape index (κ3) is 1.69. The van der Waals surface area contributed by atoms with Crippen LogP contribution >= 0.6 is 0 Å². The van der Waals surface area contributed by atoms with E-state index < -0.39 is 0 Å². The van der Waals surface area contributed by atoms with Crippen LogP contribution in [0.3, 0.4) is 0 Å². The van der Waals surface area contributed by atoms with Gasteiger partial charge in [0.2, 0.25) is 0 Å². The Morgan fingerprint density at radius 3 is 2.88 bits per heavy atom. The van der Waals surface area contributed by atoms with Crippen molar-refractivity contribution in [1.29, 1.82) is 0 Å². The number of nitrogens with two attached hydrogens (primary N) is 1. The van der Waals surface area contributed by atoms with Gasteiger partial charge in [0.1, 0.15) is 0 Å². The van der Waals surface area contributed by atoms with E-state index in [0.717, 1.165) is 42.9 Å². The van der Waals surface area contributed by atoms with E-state index >= 15 is 0 Å². The van der Waals surface area contributed by atoms with Gasteiger partial charge >= 0.3 is 0 Å². The molecule has 1 saturated heterocycles. The smallest absolute Gasteiger partial charge is 0.0602 e. The van der Waals surface area contributed by atoms with Gasteiger partial charge in [0.15, 0.2) is 0 Å². The van der Waals surface area contributed by atoms with Crippen molar-refractivity contribution in [2.24, 2.45) is 11.8 Å². The molecule has 2 aliphatic rings. The van der Waals surface area contributed by atoms with E-state index in [-0.39, 0.29) is 6.10 Å². The van der Waals surface area contributed by atoms with E-state index in [1.165, 1.54) is 0 Å². The molecule has 0 aromatic heterocycles. The first kappa shape index (κ1) is 10.9. The Kier molecular flexibility index (Phi) is 2.51. The molecule has 1 heterocycles. The van der Waals surface area contributed by atoms with Crippen molar-refractivity contribution in [3.63, 3.8) is 0 Å². The quantitative estimate of drug-likeness (QED) is 0.726. The van der Waals surface area contributed by atoms with Gasteiger partial charge in [0.05, 0.1) is 17.5 Å². The third-order valence-electron chi connectivity index (χ3n) is 4.46. The van der Waals surface area contributed by atoms with Crippen LogP contribution in [-0.4, -0.2) is 24.3 Å². The summed E-state index contributed by atoms with van der Waals surface area (Å²) >= 11 is 0. The Morgan fingerprint density at radius 1 is 1.29 bits per heavy atom. The molecule has 3 rings (SSSR count). The van der Waals surface area contributed by atoms with Crippen LogP contribution < -0.4 is 10.6 Å². The fraction of sp³-hybridized carbons (Fsp3) is 0.571. The van der Waals surface area contributed by atoms with Crippen LogP contribution in [0.1, 0.15) is 18.4 Å². The van der Waals surface area contributed by atoms with Gasteiger partial charge < -0.3 is 15.7 Å². The van der Waals surface area contributed by atoms with Crippen LogP contribution in [0.15, 0.2) is 18.2 Å². The molecular formula is C14H20N2O. The fourth-order valence-electron chi connectivity index (χ4n) is 3.37. The van der Waals surface area contributed by atoms with Crippen LogP contribution in [0.2, 0.25) is 0 Å². The number of fused-ring (bicyclic) bond motifs is 1. The van der Waals surface area contributed by atoms with Gasteiger partial charge in [-0.25, -0.2) is 0 Å². The predicted octanol–water partition coefficient (Wildman–Crippen LogP) is 1.78. The molecule has 0 radical (unpaired) electrons. The highest BCUT2D eigenvalue weighted by Crippen LogP contribution is 2.41. The summed E-state index contributed by atoms with van der Waals surface area (Å²) in [5.74, 6) is 1.11. The molecule has 1 saturated carbocycles. The number of aryl methyl sites for hydroxylation is 1. The maximum Gasteiger partial charge on any atom is 0.0602 e. The zero-order chi connectivity index (χ0) is 12.0. The molecule has 17 heavy (non-hydrogen) atoms. The number of benzene rings is 1. The molecule has 3 unspecified atom stereocenters. The Bertz CT molecular complexity index is 432. The molecular weight excluding hydrogens is 212 g/mol. The highest BCUT2D eigenvalue weighted by atomic mass is 16.3. The summed E-state index contributed by atoms with van der Waals surface area (Å²) in [4.78, 5) is 2.35. The van der Waals surface area contributed by atoms with E-state index in [0.29, 0.717) is 11.8 Å². The number of aliphatic hydroxyl groups excluding tert-OH is 1. The zero-order valence-corrected chi connectivity index (χ0v) is 10.3. The fourth-order valence-corrected chi connectivity index (χ4v) is 3.37. The molecule has 0 bridgehead atoms. The van der Waals surface area contributed by atoms with Crippen molar-refractivity contribution in [3.8, 4) is 0 Å². The molecule has 3 nitrogen and oxygen atoms in total. The first-order valence-corrected chi connectivity index (χ1v) is 6.45. The first-order chi connectivity index (χ1) is 8.16. The number of nitrogen functional groups attached to an aromatic ring is 1. The highest BCUT2D eigenvalue weighted by molar-refractivity contribution is 5.71. The summed E-state index contributed by atoms with van der Waals surface area (Å²) in [6, 6.07) is 6.20. The maximum atomic E-state index is 9.93. The lowest BCUT2D eigenvalue weighted by atomic mass is 10.00. The second-order valence-electron chi connectivity index (χ2n) is 5.48. The second-order valence-corrected chi connectivity index (χ2v) is 5.48. The molecule has 3 atom stereocenters. The molecule has 3 heteroatoms. The van der Waals surface area contributed by atoms with Gasteiger partial charge in [0.25, 0.3) is 0 Å². The number of hydrogen-bond acceptors (Lipinski definition) is 3. The molecule has 1 aromatic rings. The lowest BCUT2D eigenvalue weighted by molar-refractivity contribution is 0.133. The van der Waals surface area contributed by atoms with Gasteiger partial charge in [-0.05, 0) is 37.3 Å². The van der Waals surface area contributed by atoms with Crippen molar-refractivity contribution < 1.29 is 5.11 Å². The van der Waals surface area contributed by atoms with E-state index in [9.17, 15) is 5.11 Å². The molecule has 1 aliphatic carbocycles. The zero-order valence-electron chi connectivity index (χ0n) is 10.3. The van der Waals surface area contributed by atoms with Gasteiger partial charge in [-0.3, -0.25) is 0 Å². The average Bonchev–Trinajstić information content (AvgIpc) is 2.85. The Balaban J connectivity index is 1.85. The summed E-state index contributed by atoms with van der Waals surface area (Å²) in [5, 5.41) is 9.93. The Hall–Kier alpha value is -1.22. The van der Waals surface area contributed by atoms with Crippen LogP contribution in [0.25, 0.3) is 0 Å². The molecule has 1 aliphatic heterocycles. The monoisotopic (exact) mass is 232 g/mol. The Labute approximate surface area is 102 Å². The normalized spacial score (nSPS) is 31.9. The van der Waals surface area contributed by atoms with Gasteiger partial charge in [-0.15, -0.1) is 0 Å². The van der Waals surface area contributed by atoms with E-state index in [1.54, 1.807) is 0 Å². The second kappa shape index (κ2) is 3.91. The van der Waals surface area contributed by atoms with E-state index in [4.69, 9.17) is 5.73 Å². The van der Waals surface area contributed by atoms with Crippen LogP contribution in [-0.2, 0) is 0 Å². The van der Waals surface area contributed by atoms with Crippen LogP contribution in [0.4, 0.5) is 11.4 Å². The molecule has 0 spiro atoms. The summed E-state index contributed by atoms with van der Waals surface area (Å²) in [5.41, 5.74) is 9.32. The lowest BCUT2D eigenvalue weighted by Crippen LogP contribution is -2.25. The molecule has 2 fully saturated rings. The molecule has 92 valence electrons. The molecule has 3 N–H and O–H groups in total. The van der Waals surface area contributed by atoms with Crippen molar-refractivity contribution in [2.45, 2.75) is 25.9 Å². The van der Waals surface area contributed by atoms with Gasteiger partial charge in [-0.2, -0.15) is 0 Å². The number of para-hydroxylation sites is 1. The van der Waals surface area contributed by atoms with Gasteiger partial charge in [-0.1, -0.05) is 12.1 Å². The van der Waals surface area contributed by atoms with E-state index in [2.05, 4.69) is 17.0 Å². The summed E-state index contributed by atoms with van der Waals surface area (Å²) < 4.78 is 0. The minimum atomic E-state index is -0.101. The van der Waals surface area contributed by atoms with Crippen LogP contribution in [0.5, 0.6) is 0 Å². The molecule has 1 aromatic carbocycles. The maximum absolute atomic E-state index is 9.93. The summed E-state index contributed by atoms with van der Waals surface area (Å²) in [7, 11) is 0. The number of nitrogens with zero attached hydrogens (tertiary/aromatic N) is 1. The standard InChI is InChI=1S/C14H20N2O/c1-9-3-2-4-12(14(9)15)16-7-10-5-6-13(17)11(10)8-16/h2-4,10-11,13,17H,5-8,15H2,1H3. The number of hydrogen-bond donors (Lipinski definition) is 2. The minimum absolute atomic E-state index is 0.101. The number of aliphatic hydroxyl groups is 1. The topological polar surface area (TPSA) is 49.5 Å². The number of rotatable bonds is 1. The van der Waals surface area contributed by atoms with Gasteiger partial charge in [0, 0.05) is 19.0 Å². The minimum Gasteiger partial charge on any atom is -0.397 e. The SMILES string of the molecule is Cc1cccc(N2CC3CCC(O)C3C2)c1N. The van der Waals surface area contributed by atoms with E-state index in [1.807, 2.05) is 13.0 Å². The first-order valence-electron chi connectivity index (χ1n) is 6.45. The summed E-state index contributed by atoms with van der Waals surface area (Å²) in [6.45, 7) is 4.06.